The van der Waals surface area contributed by atoms with Crippen molar-refractivity contribution in [3.63, 3.8) is 0 Å². The summed E-state index contributed by atoms with van der Waals surface area (Å²) in [5.74, 6) is 0.292. The molecule has 4 N–H and O–H groups in total. The van der Waals surface area contributed by atoms with Crippen LogP contribution in [-0.4, -0.2) is 33.5 Å². The Morgan fingerprint density at radius 1 is 1.48 bits per heavy atom. The second-order valence-corrected chi connectivity index (χ2v) is 8.36. The molecule has 118 valence electrons. The van der Waals surface area contributed by atoms with Crippen LogP contribution in [0, 0.1) is 5.92 Å². The van der Waals surface area contributed by atoms with Crippen LogP contribution in [0.25, 0.3) is 0 Å². The molecule has 2 rings (SSSR count). The Bertz CT molecular complexity index is 594. The van der Waals surface area contributed by atoms with Crippen molar-refractivity contribution in [2.45, 2.75) is 36.4 Å². The van der Waals surface area contributed by atoms with E-state index >= 15 is 0 Å². The van der Waals surface area contributed by atoms with Gasteiger partial charge in [0.05, 0.1) is 0 Å². The minimum absolute atomic E-state index is 0.0868. The number of carbonyl (C=O) groups excluding carboxylic acids is 1. The fourth-order valence-electron chi connectivity index (χ4n) is 2.09. The lowest BCUT2D eigenvalue weighted by Crippen LogP contribution is -2.41. The lowest BCUT2D eigenvalue weighted by atomic mass is 10.2. The number of rotatable bonds is 8. The SMILES string of the molecule is CC(=O)NCCc1ccc(S(=O)(=O)NC(CN)C2CC2)s1. The fourth-order valence-corrected chi connectivity index (χ4v) is 4.78. The summed E-state index contributed by atoms with van der Waals surface area (Å²) < 4.78 is 27.6. The first-order valence-electron chi connectivity index (χ1n) is 6.98. The maximum Gasteiger partial charge on any atom is 0.250 e. The molecular formula is C13H21N3O3S2. The van der Waals surface area contributed by atoms with Gasteiger partial charge < -0.3 is 11.1 Å². The van der Waals surface area contributed by atoms with E-state index in [1.165, 1.54) is 18.3 Å². The summed E-state index contributed by atoms with van der Waals surface area (Å²) in [5.41, 5.74) is 5.63. The van der Waals surface area contributed by atoms with Gasteiger partial charge in [0.15, 0.2) is 0 Å². The van der Waals surface area contributed by atoms with Crippen LogP contribution in [0.4, 0.5) is 0 Å². The average molecular weight is 331 g/mol. The van der Waals surface area contributed by atoms with Gasteiger partial charge in [-0.2, -0.15) is 0 Å². The Morgan fingerprint density at radius 2 is 2.19 bits per heavy atom. The molecule has 0 bridgehead atoms. The number of thiophene rings is 1. The third-order valence-corrected chi connectivity index (χ3v) is 6.53. The number of carbonyl (C=O) groups is 1. The van der Waals surface area contributed by atoms with Gasteiger partial charge >= 0.3 is 0 Å². The van der Waals surface area contributed by atoms with Gasteiger partial charge in [-0.15, -0.1) is 11.3 Å². The van der Waals surface area contributed by atoms with Crippen molar-refractivity contribution in [3.05, 3.63) is 17.0 Å². The number of nitrogens with two attached hydrogens (primary N) is 1. The van der Waals surface area contributed by atoms with Crippen molar-refractivity contribution in [1.29, 1.82) is 0 Å². The van der Waals surface area contributed by atoms with Crippen molar-refractivity contribution >= 4 is 27.3 Å². The van der Waals surface area contributed by atoms with Crippen LogP contribution in [0.5, 0.6) is 0 Å². The van der Waals surface area contributed by atoms with Gasteiger partial charge in [0.25, 0.3) is 0 Å². The number of hydrogen-bond acceptors (Lipinski definition) is 5. The molecule has 0 saturated heterocycles. The van der Waals surface area contributed by atoms with E-state index in [9.17, 15) is 13.2 Å². The molecule has 6 nitrogen and oxygen atoms in total. The average Bonchev–Trinajstić information content (AvgIpc) is 3.14. The normalized spacial score (nSPS) is 16.7. The molecule has 8 heteroatoms. The van der Waals surface area contributed by atoms with E-state index < -0.39 is 10.0 Å². The van der Waals surface area contributed by atoms with Crippen molar-refractivity contribution in [3.8, 4) is 0 Å². The van der Waals surface area contributed by atoms with Gasteiger partial charge in [-0.1, -0.05) is 0 Å². The van der Waals surface area contributed by atoms with Gasteiger partial charge in [0, 0.05) is 30.9 Å². The van der Waals surface area contributed by atoms with Crippen LogP contribution in [-0.2, 0) is 21.2 Å². The highest BCUT2D eigenvalue weighted by Gasteiger charge is 2.33. The number of sulfonamides is 1. The molecule has 1 aliphatic rings. The van der Waals surface area contributed by atoms with Crippen LogP contribution in [0.1, 0.15) is 24.6 Å². The van der Waals surface area contributed by atoms with Gasteiger partial charge in [0.1, 0.15) is 4.21 Å². The molecule has 1 atom stereocenters. The smallest absolute Gasteiger partial charge is 0.250 e. The zero-order valence-corrected chi connectivity index (χ0v) is 13.6. The summed E-state index contributed by atoms with van der Waals surface area (Å²) in [6.07, 6.45) is 2.70. The van der Waals surface area contributed by atoms with E-state index in [1.54, 1.807) is 12.1 Å². The van der Waals surface area contributed by atoms with Crippen molar-refractivity contribution in [2.75, 3.05) is 13.1 Å². The van der Waals surface area contributed by atoms with Crippen molar-refractivity contribution in [2.24, 2.45) is 11.7 Å². The summed E-state index contributed by atoms with van der Waals surface area (Å²) in [5, 5.41) is 2.69. The molecule has 1 fully saturated rings. The molecule has 1 aromatic rings. The first-order valence-corrected chi connectivity index (χ1v) is 9.28. The third kappa shape index (κ3) is 4.77. The summed E-state index contributed by atoms with van der Waals surface area (Å²) in [6.45, 7) is 2.29. The Kier molecular flexibility index (Phi) is 5.37. The maximum absolute atomic E-state index is 12.3. The van der Waals surface area contributed by atoms with Gasteiger partial charge in [-0.3, -0.25) is 4.79 Å². The van der Waals surface area contributed by atoms with Crippen molar-refractivity contribution < 1.29 is 13.2 Å². The standard InChI is InChI=1S/C13H21N3O3S2/c1-9(17)15-7-6-11-4-5-13(20-11)21(18,19)16-12(8-14)10-2-3-10/h4-5,10,12,16H,2-3,6-8,14H2,1H3,(H,15,17). The Hall–Kier alpha value is -0.960. The molecule has 1 aromatic heterocycles. The predicted octanol–water partition coefficient (Wildman–Crippen LogP) is 0.442. The van der Waals surface area contributed by atoms with Crippen LogP contribution in [0.3, 0.4) is 0 Å². The molecule has 1 aliphatic carbocycles. The minimum Gasteiger partial charge on any atom is -0.356 e. The lowest BCUT2D eigenvalue weighted by molar-refractivity contribution is -0.118. The van der Waals surface area contributed by atoms with Gasteiger partial charge in [0.2, 0.25) is 15.9 Å². The van der Waals surface area contributed by atoms with Gasteiger partial charge in [-0.25, -0.2) is 13.1 Å². The summed E-state index contributed by atoms with van der Waals surface area (Å²) in [6, 6.07) is 3.23. The number of hydrogen-bond donors (Lipinski definition) is 3. The summed E-state index contributed by atoms with van der Waals surface area (Å²) in [4.78, 5) is 11.7. The highest BCUT2D eigenvalue weighted by atomic mass is 32.2. The zero-order chi connectivity index (χ0) is 15.5. The first-order chi connectivity index (χ1) is 9.92. The number of nitrogens with one attached hydrogen (secondary N) is 2. The van der Waals surface area contributed by atoms with E-state index in [2.05, 4.69) is 10.0 Å². The number of amides is 1. The Labute approximate surface area is 129 Å². The zero-order valence-electron chi connectivity index (χ0n) is 12.0. The summed E-state index contributed by atoms with van der Waals surface area (Å²) >= 11 is 1.23. The summed E-state index contributed by atoms with van der Waals surface area (Å²) in [7, 11) is -3.50. The molecule has 0 aliphatic heterocycles. The second-order valence-electron chi connectivity index (χ2n) is 5.25. The molecule has 21 heavy (non-hydrogen) atoms. The lowest BCUT2D eigenvalue weighted by Gasteiger charge is -2.15. The topological polar surface area (TPSA) is 101 Å². The van der Waals surface area contributed by atoms with E-state index in [-0.39, 0.29) is 11.9 Å². The molecule has 1 saturated carbocycles. The first kappa shape index (κ1) is 16.4. The Morgan fingerprint density at radius 3 is 2.76 bits per heavy atom. The molecule has 0 spiro atoms. The van der Waals surface area contributed by atoms with E-state index in [4.69, 9.17) is 5.73 Å². The minimum atomic E-state index is -3.50. The Balaban J connectivity index is 1.96. The van der Waals surface area contributed by atoms with Crippen LogP contribution >= 0.6 is 11.3 Å². The third-order valence-electron chi connectivity index (χ3n) is 3.40. The van der Waals surface area contributed by atoms with Crippen LogP contribution in [0.2, 0.25) is 0 Å². The van der Waals surface area contributed by atoms with E-state index in [1.807, 2.05) is 0 Å². The molecule has 0 aromatic carbocycles. The largest absolute Gasteiger partial charge is 0.356 e. The van der Waals surface area contributed by atoms with Crippen molar-refractivity contribution in [1.82, 2.24) is 10.0 Å². The molecule has 1 amide bonds. The fraction of sp³-hybridized carbons (Fsp3) is 0.615. The highest BCUT2D eigenvalue weighted by Crippen LogP contribution is 2.33. The highest BCUT2D eigenvalue weighted by molar-refractivity contribution is 7.91. The second kappa shape index (κ2) is 6.87. The van der Waals surface area contributed by atoms with Crippen LogP contribution in [0.15, 0.2) is 16.3 Å². The molecular weight excluding hydrogens is 310 g/mol. The van der Waals surface area contributed by atoms with Gasteiger partial charge in [-0.05, 0) is 37.3 Å². The van der Waals surface area contributed by atoms with E-state index in [0.717, 1.165) is 17.7 Å². The molecule has 0 radical (unpaired) electrons. The quantitative estimate of drug-likeness (QED) is 0.643. The molecule has 1 unspecified atom stereocenters. The van der Waals surface area contributed by atoms with E-state index in [0.29, 0.717) is 29.6 Å². The molecule has 1 heterocycles. The monoisotopic (exact) mass is 331 g/mol. The van der Waals surface area contributed by atoms with Crippen LogP contribution < -0.4 is 15.8 Å². The predicted molar refractivity (Wildman–Crippen MR) is 82.6 cm³/mol. The maximum atomic E-state index is 12.3.